The molecule has 1 heterocycles. The van der Waals surface area contributed by atoms with Gasteiger partial charge in [0.15, 0.2) is 0 Å². The molecule has 1 aliphatic rings. The van der Waals surface area contributed by atoms with E-state index in [1.807, 2.05) is 0 Å². The summed E-state index contributed by atoms with van der Waals surface area (Å²) in [6.07, 6.45) is 5.76. The summed E-state index contributed by atoms with van der Waals surface area (Å²) in [5.74, 6) is 0.433. The maximum Gasteiger partial charge on any atom is 0.208 e. The Labute approximate surface area is 135 Å². The van der Waals surface area contributed by atoms with Gasteiger partial charge in [-0.15, -0.1) is 0 Å². The van der Waals surface area contributed by atoms with Crippen molar-refractivity contribution < 1.29 is 8.42 Å². The third kappa shape index (κ3) is 6.07. The van der Waals surface area contributed by atoms with Crippen molar-refractivity contribution in [3.8, 4) is 0 Å². The molecule has 0 spiro atoms. The standard InChI is InChI=1S/C17H28N2O2S/c1-15(10-11-16-7-4-3-5-8-16)19-12-6-9-17(14-19)13-18-22(2,20)21/h3-5,7-8,15,17-18H,6,9-14H2,1-2H3/t15-,17+/m0/s1. The van der Waals surface area contributed by atoms with Crippen molar-refractivity contribution in [2.24, 2.45) is 5.92 Å². The topological polar surface area (TPSA) is 49.4 Å². The van der Waals surface area contributed by atoms with Crippen LogP contribution in [0.15, 0.2) is 30.3 Å². The predicted octanol–water partition coefficient (Wildman–Crippen LogP) is 2.27. The van der Waals surface area contributed by atoms with Crippen LogP contribution >= 0.6 is 0 Å². The van der Waals surface area contributed by atoms with Gasteiger partial charge in [-0.3, -0.25) is 0 Å². The fourth-order valence-corrected chi connectivity index (χ4v) is 3.67. The SMILES string of the molecule is C[C@@H](CCc1ccccc1)N1CCC[C@H](CNS(C)(=O)=O)C1. The van der Waals surface area contributed by atoms with Gasteiger partial charge in [-0.05, 0) is 50.6 Å². The van der Waals surface area contributed by atoms with E-state index in [1.54, 1.807) is 0 Å². The average molecular weight is 324 g/mol. The second kappa shape index (κ2) is 8.09. The van der Waals surface area contributed by atoms with E-state index >= 15 is 0 Å². The van der Waals surface area contributed by atoms with Crippen LogP contribution in [0.4, 0.5) is 0 Å². The van der Waals surface area contributed by atoms with E-state index in [9.17, 15) is 8.42 Å². The summed E-state index contributed by atoms with van der Waals surface area (Å²) in [7, 11) is -3.08. The molecule has 2 atom stereocenters. The van der Waals surface area contributed by atoms with Gasteiger partial charge in [0.1, 0.15) is 0 Å². The highest BCUT2D eigenvalue weighted by Crippen LogP contribution is 2.20. The summed E-state index contributed by atoms with van der Waals surface area (Å²) in [6, 6.07) is 11.1. The van der Waals surface area contributed by atoms with Crippen LogP contribution in [0.2, 0.25) is 0 Å². The van der Waals surface area contributed by atoms with Crippen molar-refractivity contribution in [1.82, 2.24) is 9.62 Å². The number of hydrogen-bond donors (Lipinski definition) is 1. The number of piperidine rings is 1. The first-order valence-electron chi connectivity index (χ1n) is 8.16. The molecule has 0 aromatic heterocycles. The van der Waals surface area contributed by atoms with Crippen molar-refractivity contribution in [2.45, 2.75) is 38.6 Å². The van der Waals surface area contributed by atoms with Crippen LogP contribution in [0.3, 0.4) is 0 Å². The second-order valence-electron chi connectivity index (χ2n) is 6.50. The molecular weight excluding hydrogens is 296 g/mol. The number of hydrogen-bond acceptors (Lipinski definition) is 3. The summed E-state index contributed by atoms with van der Waals surface area (Å²) in [5.41, 5.74) is 1.39. The minimum absolute atomic E-state index is 0.433. The van der Waals surface area contributed by atoms with E-state index in [1.165, 1.54) is 11.8 Å². The number of nitrogens with zero attached hydrogens (tertiary/aromatic N) is 1. The van der Waals surface area contributed by atoms with Crippen molar-refractivity contribution in [2.75, 3.05) is 25.9 Å². The van der Waals surface area contributed by atoms with E-state index < -0.39 is 10.0 Å². The highest BCUT2D eigenvalue weighted by molar-refractivity contribution is 7.88. The number of rotatable bonds is 7. The summed E-state index contributed by atoms with van der Waals surface area (Å²) in [4.78, 5) is 2.51. The molecule has 0 amide bonds. The Balaban J connectivity index is 1.78. The molecule has 1 N–H and O–H groups in total. The van der Waals surface area contributed by atoms with Crippen LogP contribution < -0.4 is 4.72 Å². The Morgan fingerprint density at radius 2 is 2.05 bits per heavy atom. The first-order chi connectivity index (χ1) is 10.4. The van der Waals surface area contributed by atoms with Crippen LogP contribution in [0.1, 0.15) is 31.7 Å². The summed E-state index contributed by atoms with van der Waals surface area (Å²) < 4.78 is 25.1. The lowest BCUT2D eigenvalue weighted by atomic mass is 9.95. The molecule has 1 saturated heterocycles. The quantitative estimate of drug-likeness (QED) is 0.837. The number of aryl methyl sites for hydroxylation is 1. The summed E-state index contributed by atoms with van der Waals surface area (Å²) >= 11 is 0. The first kappa shape index (κ1) is 17.4. The van der Waals surface area contributed by atoms with Gasteiger partial charge < -0.3 is 4.90 Å². The van der Waals surface area contributed by atoms with Crippen LogP contribution in [-0.4, -0.2) is 45.2 Å². The van der Waals surface area contributed by atoms with E-state index in [0.717, 1.165) is 38.8 Å². The fraction of sp³-hybridized carbons (Fsp3) is 0.647. The Morgan fingerprint density at radius 3 is 2.73 bits per heavy atom. The van der Waals surface area contributed by atoms with Gasteiger partial charge in [0, 0.05) is 19.1 Å². The fourth-order valence-electron chi connectivity index (χ4n) is 3.14. The van der Waals surface area contributed by atoms with E-state index in [0.29, 0.717) is 18.5 Å². The molecule has 0 bridgehead atoms. The van der Waals surface area contributed by atoms with Crippen LogP contribution in [0.25, 0.3) is 0 Å². The predicted molar refractivity (Wildman–Crippen MR) is 91.4 cm³/mol. The number of sulfonamides is 1. The Kier molecular flexibility index (Phi) is 6.41. The van der Waals surface area contributed by atoms with Crippen molar-refractivity contribution in [1.29, 1.82) is 0 Å². The van der Waals surface area contributed by atoms with Crippen molar-refractivity contribution in [3.05, 3.63) is 35.9 Å². The van der Waals surface area contributed by atoms with Gasteiger partial charge in [0.05, 0.1) is 6.26 Å². The van der Waals surface area contributed by atoms with Gasteiger partial charge >= 0.3 is 0 Å². The normalized spacial score (nSPS) is 21.6. The van der Waals surface area contributed by atoms with Crippen molar-refractivity contribution in [3.63, 3.8) is 0 Å². The first-order valence-corrected chi connectivity index (χ1v) is 10.1. The van der Waals surface area contributed by atoms with Crippen LogP contribution in [0, 0.1) is 5.92 Å². The Morgan fingerprint density at radius 1 is 1.32 bits per heavy atom. The van der Waals surface area contributed by atoms with E-state index in [-0.39, 0.29) is 0 Å². The average Bonchev–Trinajstić information content (AvgIpc) is 2.51. The molecule has 4 nitrogen and oxygen atoms in total. The summed E-state index contributed by atoms with van der Waals surface area (Å²) in [6.45, 7) is 4.99. The van der Waals surface area contributed by atoms with E-state index in [2.05, 4.69) is 46.9 Å². The molecule has 124 valence electrons. The number of likely N-dealkylation sites (tertiary alicyclic amines) is 1. The smallest absolute Gasteiger partial charge is 0.208 e. The summed E-state index contributed by atoms with van der Waals surface area (Å²) in [5, 5.41) is 0. The molecule has 1 fully saturated rings. The van der Waals surface area contributed by atoms with Gasteiger partial charge in [-0.2, -0.15) is 0 Å². The lowest BCUT2D eigenvalue weighted by molar-refractivity contribution is 0.127. The molecule has 5 heteroatoms. The molecule has 1 aliphatic heterocycles. The van der Waals surface area contributed by atoms with Crippen LogP contribution in [-0.2, 0) is 16.4 Å². The Hall–Kier alpha value is -0.910. The molecular formula is C17H28N2O2S. The molecule has 0 aliphatic carbocycles. The highest BCUT2D eigenvalue weighted by atomic mass is 32.2. The van der Waals surface area contributed by atoms with Gasteiger partial charge in [0.25, 0.3) is 0 Å². The molecule has 1 aromatic rings. The lowest BCUT2D eigenvalue weighted by Crippen LogP contribution is -2.44. The molecule has 1 aromatic carbocycles. The van der Waals surface area contributed by atoms with Gasteiger partial charge in [-0.1, -0.05) is 30.3 Å². The van der Waals surface area contributed by atoms with Gasteiger partial charge in [0.2, 0.25) is 10.0 Å². The third-order valence-electron chi connectivity index (χ3n) is 4.50. The van der Waals surface area contributed by atoms with Crippen LogP contribution in [0.5, 0.6) is 0 Å². The molecule has 22 heavy (non-hydrogen) atoms. The zero-order chi connectivity index (χ0) is 16.0. The zero-order valence-corrected chi connectivity index (χ0v) is 14.5. The highest BCUT2D eigenvalue weighted by Gasteiger charge is 2.23. The minimum Gasteiger partial charge on any atom is -0.300 e. The third-order valence-corrected chi connectivity index (χ3v) is 5.19. The second-order valence-corrected chi connectivity index (χ2v) is 8.33. The Bertz CT molecular complexity index is 545. The maximum absolute atomic E-state index is 11.2. The molecule has 0 unspecified atom stereocenters. The minimum atomic E-state index is -3.08. The largest absolute Gasteiger partial charge is 0.300 e. The zero-order valence-electron chi connectivity index (χ0n) is 13.7. The van der Waals surface area contributed by atoms with E-state index in [4.69, 9.17) is 0 Å². The monoisotopic (exact) mass is 324 g/mol. The van der Waals surface area contributed by atoms with Gasteiger partial charge in [-0.25, -0.2) is 13.1 Å². The molecule has 0 saturated carbocycles. The van der Waals surface area contributed by atoms with Crippen molar-refractivity contribution >= 4 is 10.0 Å². The molecule has 0 radical (unpaired) electrons. The number of nitrogens with one attached hydrogen (secondary N) is 1. The maximum atomic E-state index is 11.2. The number of benzene rings is 1. The lowest BCUT2D eigenvalue weighted by Gasteiger charge is -2.37. The molecule has 2 rings (SSSR count).